The molecule has 27 nitrogen and oxygen atoms in total. The van der Waals surface area contributed by atoms with E-state index in [4.69, 9.17) is 34.5 Å². The van der Waals surface area contributed by atoms with Crippen molar-refractivity contribution in [3.05, 3.63) is 12.7 Å². The van der Waals surface area contributed by atoms with Gasteiger partial charge in [-0.15, -0.1) is 0 Å². The van der Waals surface area contributed by atoms with Crippen molar-refractivity contribution < 1.29 is 95.5 Å². The van der Waals surface area contributed by atoms with Gasteiger partial charge in [-0.3, -0.25) is 32.5 Å². The number of nitrogens with two attached hydrogens (primary N) is 1. The highest BCUT2D eigenvalue weighted by Crippen LogP contribution is 2.61. The van der Waals surface area contributed by atoms with E-state index in [1.54, 1.807) is 0 Å². The third-order valence-corrected chi connectivity index (χ3v) is 10.7. The van der Waals surface area contributed by atoms with Gasteiger partial charge < -0.3 is 61.1 Å². The number of carboxylic acid groups (broad SMARTS) is 2. The highest BCUT2D eigenvalue weighted by Gasteiger charge is 2.50. The lowest BCUT2D eigenvalue weighted by atomic mass is 9.87. The zero-order valence-electron chi connectivity index (χ0n) is 28.9. The molecule has 2 aromatic rings. The lowest BCUT2D eigenvalue weighted by molar-refractivity contribution is -0.137. The summed E-state index contributed by atoms with van der Waals surface area (Å²) in [6.45, 7) is 1.90. The number of fused-ring (bicyclic) bond motifs is 1. The number of aromatic nitrogens is 4. The lowest BCUT2D eigenvalue weighted by Gasteiger charge is -2.30. The highest BCUT2D eigenvalue weighted by atomic mass is 32.2. The van der Waals surface area contributed by atoms with Crippen LogP contribution in [0, 0.1) is 5.41 Å². The lowest BCUT2D eigenvalue weighted by Crippen LogP contribution is -2.46. The minimum absolute atomic E-state index is 0.0310. The molecule has 31 heteroatoms. The number of phosphoric acid groups is 3. The van der Waals surface area contributed by atoms with Crippen LogP contribution in [0.2, 0.25) is 0 Å². The number of thioether (sulfide) groups is 1. The molecule has 3 unspecified atom stereocenters. The molecule has 0 saturated carbocycles. The van der Waals surface area contributed by atoms with E-state index in [0.29, 0.717) is 5.75 Å². The molecule has 0 aliphatic carbocycles. The summed E-state index contributed by atoms with van der Waals surface area (Å²) < 4.78 is 61.8. The van der Waals surface area contributed by atoms with Crippen molar-refractivity contribution in [1.82, 2.24) is 30.2 Å². The maximum Gasteiger partial charge on any atom is 0.503 e. The van der Waals surface area contributed by atoms with Gasteiger partial charge in [-0.1, -0.05) is 25.6 Å². The van der Waals surface area contributed by atoms with Gasteiger partial charge in [0, 0.05) is 37.6 Å². The van der Waals surface area contributed by atoms with Crippen molar-refractivity contribution in [2.75, 3.05) is 37.8 Å². The number of hydrogen-bond acceptors (Lipinski definition) is 19. The van der Waals surface area contributed by atoms with Crippen LogP contribution in [0.1, 0.15) is 33.4 Å². The molecule has 0 radical (unpaired) electrons. The van der Waals surface area contributed by atoms with E-state index in [9.17, 15) is 57.9 Å². The molecule has 1 saturated heterocycles. The van der Waals surface area contributed by atoms with E-state index in [-0.39, 0.29) is 41.6 Å². The summed E-state index contributed by atoms with van der Waals surface area (Å²) in [5, 5.41) is 40.0. The standard InChI is InChI=1S/C23H38N7O17P3S.CH2O3/c1-12(31)51-7-6-25-14(32)4-5-26-21(35)18(34)23(2,3)9-44-50(41,42)47-49(39,40)43-8-13-17(46-48(36,37)38)16(33)22(45-13)30-11-29-15-19(24)27-10-28-20(15)30;2-1(3)4/h10-11,13,16-18,22,33-34H,4-9H2,1-3H3,(H,25,32)(H,26,35)(H,39,40)(H,41,42)(H2,24,27,28)(H2,36,37,38);(H2,2,3,4)/t13-,16-,17-,18?,22-;/m1./s1. The number of nitrogens with zero attached hydrogens (tertiary/aromatic N) is 4. The molecule has 2 aromatic heterocycles. The Bertz CT molecular complexity index is 1810. The first kappa shape index (κ1) is 48.0. The zero-order chi connectivity index (χ0) is 41.9. The summed E-state index contributed by atoms with van der Waals surface area (Å²) in [6, 6.07) is 0. The summed E-state index contributed by atoms with van der Waals surface area (Å²) in [7, 11) is -16.4. The van der Waals surface area contributed by atoms with Crippen LogP contribution in [0.25, 0.3) is 11.2 Å². The summed E-state index contributed by atoms with van der Waals surface area (Å²) in [4.78, 5) is 94.5. The summed E-state index contributed by atoms with van der Waals surface area (Å²) in [5.74, 6) is -1.08. The first-order valence-electron chi connectivity index (χ1n) is 15.2. The molecular formula is C24H40N7O20P3S. The first-order chi connectivity index (χ1) is 25.2. The second-order valence-electron chi connectivity index (χ2n) is 11.7. The Balaban J connectivity index is 0.00000248. The molecule has 7 atom stereocenters. The van der Waals surface area contributed by atoms with Gasteiger partial charge in [0.1, 0.15) is 36.3 Å². The Hall–Kier alpha value is -3.17. The van der Waals surface area contributed by atoms with Gasteiger partial charge in [0.05, 0.1) is 19.5 Å². The number of carbonyl (C=O) groups excluding carboxylic acids is 3. The number of anilines is 1. The number of ether oxygens (including phenoxy) is 1. The van der Waals surface area contributed by atoms with E-state index in [2.05, 4.69) is 34.4 Å². The first-order valence-corrected chi connectivity index (χ1v) is 20.7. The van der Waals surface area contributed by atoms with Crippen LogP contribution in [0.5, 0.6) is 0 Å². The number of rotatable bonds is 19. The molecule has 3 rings (SSSR count). The van der Waals surface area contributed by atoms with Crippen molar-refractivity contribution >= 4 is 75.3 Å². The molecule has 3 heterocycles. The van der Waals surface area contributed by atoms with E-state index in [1.165, 1.54) is 20.8 Å². The van der Waals surface area contributed by atoms with E-state index in [0.717, 1.165) is 29.0 Å². The van der Waals surface area contributed by atoms with Crippen molar-refractivity contribution in [2.45, 2.75) is 57.8 Å². The van der Waals surface area contributed by atoms with Crippen LogP contribution in [0.3, 0.4) is 0 Å². The number of phosphoric ester groups is 3. The average molecular weight is 872 g/mol. The molecule has 12 N–H and O–H groups in total. The Morgan fingerprint density at radius 1 is 1.04 bits per heavy atom. The molecule has 312 valence electrons. The SMILES string of the molecule is CC(=O)SCCNC(=O)CCNC(=O)C(O)C(C)(C)COP(=O)(O)OP(=O)(O)OC[C@H]1O[C@@H](n2cnc3c(N)ncnc32)[C@H](O)[C@@H]1OP(=O)(O)O.O=C(O)O. The Morgan fingerprint density at radius 2 is 1.65 bits per heavy atom. The largest absolute Gasteiger partial charge is 0.503 e. The second-order valence-corrected chi connectivity index (χ2v) is 17.2. The van der Waals surface area contributed by atoms with Crippen LogP contribution >= 0.6 is 35.2 Å². The molecule has 2 amide bonds. The number of aliphatic hydroxyl groups excluding tert-OH is 2. The molecule has 55 heavy (non-hydrogen) atoms. The average Bonchev–Trinajstić information content (AvgIpc) is 3.60. The predicted molar refractivity (Wildman–Crippen MR) is 183 cm³/mol. The number of nitrogens with one attached hydrogen (secondary N) is 2. The van der Waals surface area contributed by atoms with Crippen molar-refractivity contribution in [2.24, 2.45) is 5.41 Å². The Labute approximate surface area is 314 Å². The van der Waals surface area contributed by atoms with Crippen LogP contribution in [-0.2, 0) is 50.7 Å². The number of aliphatic hydroxyl groups is 2. The second kappa shape index (κ2) is 20.3. The fraction of sp³-hybridized carbons (Fsp3) is 0.625. The van der Waals surface area contributed by atoms with Crippen LogP contribution in [-0.4, -0.2) is 139 Å². The fourth-order valence-corrected chi connectivity index (χ4v) is 7.65. The molecule has 0 bridgehead atoms. The van der Waals surface area contributed by atoms with E-state index < -0.39 is 90.7 Å². The quantitative estimate of drug-likeness (QED) is 0.0590. The van der Waals surface area contributed by atoms with Gasteiger partial charge in [-0.05, 0) is 0 Å². The van der Waals surface area contributed by atoms with E-state index in [1.807, 2.05) is 0 Å². The minimum Gasteiger partial charge on any atom is -0.450 e. The van der Waals surface area contributed by atoms with Gasteiger partial charge in [0.15, 0.2) is 22.8 Å². The van der Waals surface area contributed by atoms with Crippen LogP contribution in [0.4, 0.5) is 10.6 Å². The van der Waals surface area contributed by atoms with Gasteiger partial charge in [0.2, 0.25) is 11.8 Å². The number of hydrogen-bond donors (Lipinski definition) is 11. The third kappa shape index (κ3) is 16.1. The number of carbonyl (C=O) groups is 4. The monoisotopic (exact) mass is 871 g/mol. The summed E-state index contributed by atoms with van der Waals surface area (Å²) in [5.41, 5.74) is 4.26. The summed E-state index contributed by atoms with van der Waals surface area (Å²) in [6.07, 6.45) is -8.71. The van der Waals surface area contributed by atoms with Crippen molar-refractivity contribution in [3.63, 3.8) is 0 Å². The Morgan fingerprint density at radius 3 is 2.25 bits per heavy atom. The number of amides is 2. The van der Waals surface area contributed by atoms with Gasteiger partial charge >= 0.3 is 29.6 Å². The molecule has 1 aliphatic rings. The highest BCUT2D eigenvalue weighted by molar-refractivity contribution is 8.13. The summed E-state index contributed by atoms with van der Waals surface area (Å²) >= 11 is 1.03. The molecular weight excluding hydrogens is 831 g/mol. The predicted octanol–water partition coefficient (Wildman–Crippen LogP) is -1.09. The number of imidazole rings is 1. The zero-order valence-corrected chi connectivity index (χ0v) is 32.4. The Kier molecular flexibility index (Phi) is 17.7. The van der Waals surface area contributed by atoms with Crippen LogP contribution in [0.15, 0.2) is 12.7 Å². The topological polar surface area (TPSA) is 421 Å². The van der Waals surface area contributed by atoms with Crippen LogP contribution < -0.4 is 16.4 Å². The van der Waals surface area contributed by atoms with Gasteiger partial charge in [-0.2, -0.15) is 4.31 Å². The van der Waals surface area contributed by atoms with Gasteiger partial charge in [0.25, 0.3) is 0 Å². The van der Waals surface area contributed by atoms with Crippen molar-refractivity contribution in [3.8, 4) is 0 Å². The van der Waals surface area contributed by atoms with Crippen molar-refractivity contribution in [1.29, 1.82) is 0 Å². The van der Waals surface area contributed by atoms with E-state index >= 15 is 0 Å². The number of nitrogen functional groups attached to an aromatic ring is 1. The maximum atomic E-state index is 12.6. The smallest absolute Gasteiger partial charge is 0.450 e. The van der Waals surface area contributed by atoms with Gasteiger partial charge in [-0.25, -0.2) is 33.4 Å². The minimum atomic E-state index is -5.56. The third-order valence-electron chi connectivity index (χ3n) is 6.81. The molecule has 1 aliphatic heterocycles. The maximum absolute atomic E-state index is 12.6. The molecule has 0 aromatic carbocycles. The fourth-order valence-electron chi connectivity index (χ4n) is 4.32. The molecule has 0 spiro atoms. The normalized spacial score (nSPS) is 21.4. The molecule has 1 fully saturated rings.